The lowest BCUT2D eigenvalue weighted by atomic mass is 10.1. The Bertz CT molecular complexity index is 869. The van der Waals surface area contributed by atoms with Crippen LogP contribution in [-0.2, 0) is 21.9 Å². The summed E-state index contributed by atoms with van der Waals surface area (Å²) in [6.07, 6.45) is 0. The Morgan fingerprint density at radius 3 is 2.30 bits per heavy atom. The SMILES string of the molecule is C[C@H](C(=O)NC(C)(C)C)N(Cc1ccc(Cl)c(Cl)c1)C(=O)CSCc1ccccc1. The first-order valence-corrected chi connectivity index (χ1v) is 11.6. The van der Waals surface area contributed by atoms with Gasteiger partial charge in [-0.2, -0.15) is 0 Å². The molecule has 0 aliphatic heterocycles. The van der Waals surface area contributed by atoms with E-state index in [-0.39, 0.29) is 29.7 Å². The van der Waals surface area contributed by atoms with E-state index in [9.17, 15) is 9.59 Å². The Morgan fingerprint density at radius 2 is 1.70 bits per heavy atom. The number of halogens is 2. The van der Waals surface area contributed by atoms with E-state index in [1.165, 1.54) is 11.8 Å². The number of hydrogen-bond donors (Lipinski definition) is 1. The van der Waals surface area contributed by atoms with Crippen LogP contribution in [0, 0.1) is 0 Å². The Hall–Kier alpha value is -1.69. The van der Waals surface area contributed by atoms with E-state index in [4.69, 9.17) is 23.2 Å². The molecule has 0 aromatic heterocycles. The second kappa shape index (κ2) is 11.1. The Morgan fingerprint density at radius 1 is 1.03 bits per heavy atom. The molecule has 2 aromatic rings. The van der Waals surface area contributed by atoms with Gasteiger partial charge in [0.05, 0.1) is 15.8 Å². The second-order valence-corrected chi connectivity index (χ2v) is 9.96. The maximum absolute atomic E-state index is 13.1. The van der Waals surface area contributed by atoms with Crippen LogP contribution >= 0.6 is 35.0 Å². The minimum absolute atomic E-state index is 0.0986. The molecule has 0 saturated carbocycles. The average molecular weight is 467 g/mol. The predicted octanol–water partition coefficient (Wildman–Crippen LogP) is 5.56. The third-order valence-electron chi connectivity index (χ3n) is 4.34. The molecular weight excluding hydrogens is 439 g/mol. The van der Waals surface area contributed by atoms with Gasteiger partial charge in [-0.15, -0.1) is 11.8 Å². The molecule has 0 fully saturated rings. The van der Waals surface area contributed by atoms with E-state index < -0.39 is 6.04 Å². The van der Waals surface area contributed by atoms with Gasteiger partial charge in [-0.3, -0.25) is 9.59 Å². The third-order valence-corrected chi connectivity index (χ3v) is 6.07. The van der Waals surface area contributed by atoms with Gasteiger partial charge >= 0.3 is 0 Å². The number of carbonyl (C=O) groups is 2. The van der Waals surface area contributed by atoms with Crippen LogP contribution in [0.3, 0.4) is 0 Å². The van der Waals surface area contributed by atoms with Gasteiger partial charge < -0.3 is 10.2 Å². The zero-order valence-electron chi connectivity index (χ0n) is 17.7. The van der Waals surface area contributed by atoms with Crippen LogP contribution < -0.4 is 5.32 Å². The summed E-state index contributed by atoms with van der Waals surface area (Å²) in [6.45, 7) is 7.77. The molecule has 0 spiro atoms. The predicted molar refractivity (Wildman–Crippen MR) is 127 cm³/mol. The number of rotatable bonds is 8. The second-order valence-electron chi connectivity index (χ2n) is 8.16. The fraction of sp³-hybridized carbons (Fsp3) is 0.391. The van der Waals surface area contributed by atoms with Crippen LogP contribution in [0.5, 0.6) is 0 Å². The number of nitrogens with one attached hydrogen (secondary N) is 1. The van der Waals surface area contributed by atoms with Crippen LogP contribution in [0.15, 0.2) is 48.5 Å². The van der Waals surface area contributed by atoms with Gasteiger partial charge in [0, 0.05) is 17.8 Å². The zero-order chi connectivity index (χ0) is 22.3. The van der Waals surface area contributed by atoms with Gasteiger partial charge in [-0.25, -0.2) is 0 Å². The van der Waals surface area contributed by atoms with Crippen LogP contribution in [0.1, 0.15) is 38.8 Å². The van der Waals surface area contributed by atoms with Crippen molar-refractivity contribution in [3.8, 4) is 0 Å². The molecule has 0 saturated heterocycles. The summed E-state index contributed by atoms with van der Waals surface area (Å²) < 4.78 is 0. The van der Waals surface area contributed by atoms with Crippen molar-refractivity contribution in [1.29, 1.82) is 0 Å². The molecule has 0 aliphatic carbocycles. The number of nitrogens with zero attached hydrogens (tertiary/aromatic N) is 1. The summed E-state index contributed by atoms with van der Waals surface area (Å²) in [4.78, 5) is 27.4. The molecule has 7 heteroatoms. The molecule has 0 heterocycles. The highest BCUT2D eigenvalue weighted by atomic mass is 35.5. The fourth-order valence-electron chi connectivity index (χ4n) is 2.80. The van der Waals surface area contributed by atoms with Crippen molar-refractivity contribution in [3.63, 3.8) is 0 Å². The smallest absolute Gasteiger partial charge is 0.242 e. The summed E-state index contributed by atoms with van der Waals surface area (Å²) in [5.41, 5.74) is 1.59. The molecule has 0 aliphatic rings. The number of hydrogen-bond acceptors (Lipinski definition) is 3. The topological polar surface area (TPSA) is 49.4 Å². The molecule has 0 radical (unpaired) electrons. The van der Waals surface area contributed by atoms with Crippen molar-refractivity contribution in [2.75, 3.05) is 5.75 Å². The van der Waals surface area contributed by atoms with E-state index in [0.717, 1.165) is 16.9 Å². The van der Waals surface area contributed by atoms with Crippen LogP contribution in [0.4, 0.5) is 0 Å². The number of benzene rings is 2. The molecule has 2 rings (SSSR count). The molecule has 0 unspecified atom stereocenters. The summed E-state index contributed by atoms with van der Waals surface area (Å²) in [5.74, 6) is 0.724. The lowest BCUT2D eigenvalue weighted by Crippen LogP contribution is -2.52. The molecule has 0 bridgehead atoms. The number of thioether (sulfide) groups is 1. The minimum atomic E-state index is -0.622. The van der Waals surface area contributed by atoms with Gasteiger partial charge in [0.1, 0.15) is 6.04 Å². The van der Waals surface area contributed by atoms with Gasteiger partial charge in [0.2, 0.25) is 11.8 Å². The molecule has 2 aromatic carbocycles. The van der Waals surface area contributed by atoms with Crippen LogP contribution in [0.25, 0.3) is 0 Å². The van der Waals surface area contributed by atoms with E-state index in [2.05, 4.69) is 5.32 Å². The first-order valence-electron chi connectivity index (χ1n) is 9.74. The highest BCUT2D eigenvalue weighted by molar-refractivity contribution is 7.99. The van der Waals surface area contributed by atoms with E-state index in [0.29, 0.717) is 10.0 Å². The van der Waals surface area contributed by atoms with Crippen molar-refractivity contribution in [2.24, 2.45) is 0 Å². The molecule has 4 nitrogen and oxygen atoms in total. The van der Waals surface area contributed by atoms with Gasteiger partial charge in [-0.05, 0) is 51.0 Å². The summed E-state index contributed by atoms with van der Waals surface area (Å²) in [5, 5.41) is 3.83. The van der Waals surface area contributed by atoms with E-state index >= 15 is 0 Å². The minimum Gasteiger partial charge on any atom is -0.350 e. The van der Waals surface area contributed by atoms with E-state index in [1.807, 2.05) is 57.2 Å². The zero-order valence-corrected chi connectivity index (χ0v) is 20.1. The Labute approximate surface area is 193 Å². The third kappa shape index (κ3) is 7.86. The normalized spacial score (nSPS) is 12.3. The Kier molecular flexibility index (Phi) is 9.08. The summed E-state index contributed by atoms with van der Waals surface area (Å²) >= 11 is 13.7. The maximum Gasteiger partial charge on any atom is 0.242 e. The number of carbonyl (C=O) groups excluding carboxylic acids is 2. The lowest BCUT2D eigenvalue weighted by Gasteiger charge is -2.31. The molecule has 1 atom stereocenters. The molecular formula is C23H28Cl2N2O2S. The largest absolute Gasteiger partial charge is 0.350 e. The van der Waals surface area contributed by atoms with Crippen molar-refractivity contribution in [2.45, 2.75) is 51.6 Å². The Balaban J connectivity index is 2.12. The standard InChI is InChI=1S/C23H28Cl2N2O2S/c1-16(22(29)26-23(2,3)4)27(13-18-10-11-19(24)20(25)12-18)21(28)15-30-14-17-8-6-5-7-9-17/h5-12,16H,13-15H2,1-4H3,(H,26,29)/t16-/m1/s1. The molecule has 162 valence electrons. The number of amides is 2. The van der Waals surface area contributed by atoms with Crippen LogP contribution in [0.2, 0.25) is 10.0 Å². The highest BCUT2D eigenvalue weighted by Crippen LogP contribution is 2.24. The van der Waals surface area contributed by atoms with Gasteiger partial charge in [-0.1, -0.05) is 59.6 Å². The average Bonchev–Trinajstić information content (AvgIpc) is 2.67. The van der Waals surface area contributed by atoms with Crippen molar-refractivity contribution in [1.82, 2.24) is 10.2 Å². The first-order chi connectivity index (χ1) is 14.1. The highest BCUT2D eigenvalue weighted by Gasteiger charge is 2.28. The maximum atomic E-state index is 13.1. The molecule has 30 heavy (non-hydrogen) atoms. The van der Waals surface area contributed by atoms with Crippen LogP contribution in [-0.4, -0.2) is 34.0 Å². The monoisotopic (exact) mass is 466 g/mol. The lowest BCUT2D eigenvalue weighted by molar-refractivity contribution is -0.139. The summed E-state index contributed by atoms with van der Waals surface area (Å²) in [7, 11) is 0. The quantitative estimate of drug-likeness (QED) is 0.553. The molecule has 2 amide bonds. The van der Waals surface area contributed by atoms with Gasteiger partial charge in [0.15, 0.2) is 0 Å². The van der Waals surface area contributed by atoms with Crippen molar-refractivity contribution < 1.29 is 9.59 Å². The summed E-state index contributed by atoms with van der Waals surface area (Å²) in [6, 6.07) is 14.6. The van der Waals surface area contributed by atoms with Gasteiger partial charge in [0.25, 0.3) is 0 Å². The molecule has 1 N–H and O–H groups in total. The van der Waals surface area contributed by atoms with E-state index in [1.54, 1.807) is 24.0 Å². The van der Waals surface area contributed by atoms with Crippen molar-refractivity contribution >= 4 is 46.8 Å². The first kappa shape index (κ1) is 24.6. The fourth-order valence-corrected chi connectivity index (χ4v) is 4.00. The van der Waals surface area contributed by atoms with Crippen molar-refractivity contribution in [3.05, 3.63) is 69.7 Å².